The van der Waals surface area contributed by atoms with Crippen molar-refractivity contribution in [3.8, 4) is 11.5 Å². The maximum atomic E-state index is 12.6. The van der Waals surface area contributed by atoms with Crippen molar-refractivity contribution in [3.63, 3.8) is 0 Å². The van der Waals surface area contributed by atoms with E-state index in [0.717, 1.165) is 48.3 Å². The summed E-state index contributed by atoms with van der Waals surface area (Å²) in [5, 5.41) is 19.3. The molecule has 2 aliphatic rings. The number of ether oxygens (including phenoxy) is 2. The number of hydrogen-bond donors (Lipinski definition) is 2. The Hall–Kier alpha value is -3.26. The molecule has 1 fully saturated rings. The second-order valence-electron chi connectivity index (χ2n) is 9.30. The second-order valence-corrected chi connectivity index (χ2v) is 9.30. The van der Waals surface area contributed by atoms with Crippen molar-refractivity contribution in [1.29, 1.82) is 0 Å². The Morgan fingerprint density at radius 1 is 1.12 bits per heavy atom. The molecule has 1 saturated heterocycles. The van der Waals surface area contributed by atoms with E-state index < -0.39 is 5.60 Å². The van der Waals surface area contributed by atoms with E-state index in [1.807, 2.05) is 38.1 Å². The number of hydrazone groups is 1. The Morgan fingerprint density at radius 3 is 2.32 bits per heavy atom. The molecule has 2 N–H and O–H groups in total. The molecule has 0 bridgehead atoms. The molecule has 0 unspecified atom stereocenters. The standard InChI is InChI=1S/C26H34N4O4/c1-17-14-19-15-22(33-4)23(34-5)16-21(19)24(28-30(17)25(31)27-3)18-6-8-20(9-7-18)29-12-10-26(2,32)11-13-29/h6-9,15-17,32H,10-14H2,1-5H3,(H,27,31)/t17-/m1/s1. The van der Waals surface area contributed by atoms with Gasteiger partial charge in [0.05, 0.1) is 31.6 Å². The Labute approximate surface area is 201 Å². The van der Waals surface area contributed by atoms with E-state index >= 15 is 0 Å². The number of nitrogens with one attached hydrogen (secondary N) is 1. The van der Waals surface area contributed by atoms with Crippen molar-refractivity contribution in [1.82, 2.24) is 10.3 Å². The van der Waals surface area contributed by atoms with Crippen LogP contribution in [0, 0.1) is 0 Å². The summed E-state index contributed by atoms with van der Waals surface area (Å²) in [6.45, 7) is 5.51. The van der Waals surface area contributed by atoms with Crippen LogP contribution in [0.4, 0.5) is 10.5 Å². The largest absolute Gasteiger partial charge is 0.493 e. The highest BCUT2D eigenvalue weighted by Crippen LogP contribution is 2.35. The molecule has 0 aromatic heterocycles. The van der Waals surface area contributed by atoms with E-state index in [-0.39, 0.29) is 12.1 Å². The molecule has 2 aliphatic heterocycles. The molecule has 0 saturated carbocycles. The third-order valence-electron chi connectivity index (χ3n) is 6.77. The number of hydrogen-bond acceptors (Lipinski definition) is 6. The molecule has 8 nitrogen and oxygen atoms in total. The summed E-state index contributed by atoms with van der Waals surface area (Å²) < 4.78 is 11.1. The summed E-state index contributed by atoms with van der Waals surface area (Å²) >= 11 is 0. The first-order chi connectivity index (χ1) is 16.3. The first-order valence-electron chi connectivity index (χ1n) is 11.7. The minimum Gasteiger partial charge on any atom is -0.493 e. The van der Waals surface area contributed by atoms with Crippen LogP contribution in [0.15, 0.2) is 41.5 Å². The highest BCUT2D eigenvalue weighted by Gasteiger charge is 2.29. The van der Waals surface area contributed by atoms with E-state index in [1.54, 1.807) is 21.3 Å². The van der Waals surface area contributed by atoms with Crippen molar-refractivity contribution in [2.45, 2.75) is 44.8 Å². The van der Waals surface area contributed by atoms with Crippen LogP contribution in [0.25, 0.3) is 0 Å². The zero-order valence-corrected chi connectivity index (χ0v) is 20.6. The van der Waals surface area contributed by atoms with Gasteiger partial charge in [-0.05, 0) is 62.9 Å². The van der Waals surface area contributed by atoms with Gasteiger partial charge in [-0.3, -0.25) is 0 Å². The van der Waals surface area contributed by atoms with Gasteiger partial charge in [0, 0.05) is 37.0 Å². The summed E-state index contributed by atoms with van der Waals surface area (Å²) in [5.74, 6) is 1.27. The molecular weight excluding hydrogens is 432 g/mol. The van der Waals surface area contributed by atoms with Gasteiger partial charge in [0.2, 0.25) is 0 Å². The van der Waals surface area contributed by atoms with Crippen LogP contribution in [0.3, 0.4) is 0 Å². The number of urea groups is 1. The molecule has 8 heteroatoms. The predicted octanol–water partition coefficient (Wildman–Crippen LogP) is 3.39. The topological polar surface area (TPSA) is 86.6 Å². The number of carbonyl (C=O) groups excluding carboxylic acids is 1. The molecule has 1 atom stereocenters. The van der Waals surface area contributed by atoms with Gasteiger partial charge in [-0.1, -0.05) is 12.1 Å². The van der Waals surface area contributed by atoms with Crippen LogP contribution in [0.1, 0.15) is 43.4 Å². The summed E-state index contributed by atoms with van der Waals surface area (Å²) in [4.78, 5) is 14.9. The van der Waals surface area contributed by atoms with Crippen molar-refractivity contribution in [3.05, 3.63) is 53.1 Å². The van der Waals surface area contributed by atoms with Crippen molar-refractivity contribution in [2.75, 3.05) is 39.3 Å². The summed E-state index contributed by atoms with van der Waals surface area (Å²) in [7, 11) is 4.84. The first-order valence-corrected chi connectivity index (χ1v) is 11.7. The molecule has 2 aromatic rings. The Kier molecular flexibility index (Phi) is 6.70. The molecule has 34 heavy (non-hydrogen) atoms. The van der Waals surface area contributed by atoms with Gasteiger partial charge in [0.15, 0.2) is 11.5 Å². The Bertz CT molecular complexity index is 1070. The maximum absolute atomic E-state index is 12.6. The SMILES string of the molecule is CNC(=O)N1N=C(c2ccc(N3CCC(C)(O)CC3)cc2)c2cc(OC)c(OC)cc2C[C@H]1C. The lowest BCUT2D eigenvalue weighted by molar-refractivity contribution is 0.0351. The molecule has 2 heterocycles. The summed E-state index contributed by atoms with van der Waals surface area (Å²) in [6, 6.07) is 11.8. The van der Waals surface area contributed by atoms with Crippen molar-refractivity contribution in [2.24, 2.45) is 5.10 Å². The summed E-state index contributed by atoms with van der Waals surface area (Å²) in [5.41, 5.74) is 4.09. The van der Waals surface area contributed by atoms with Gasteiger partial charge >= 0.3 is 6.03 Å². The van der Waals surface area contributed by atoms with Gasteiger partial charge in [-0.2, -0.15) is 5.10 Å². The number of benzene rings is 2. The number of aliphatic hydroxyl groups is 1. The predicted molar refractivity (Wildman–Crippen MR) is 133 cm³/mol. The Balaban J connectivity index is 1.75. The van der Waals surface area contributed by atoms with Crippen LogP contribution in [0.5, 0.6) is 11.5 Å². The zero-order chi connectivity index (χ0) is 24.5. The molecular formula is C26H34N4O4. The number of carbonyl (C=O) groups is 1. The molecule has 2 aromatic carbocycles. The van der Waals surface area contributed by atoms with Gasteiger partial charge in [-0.15, -0.1) is 0 Å². The summed E-state index contributed by atoms with van der Waals surface area (Å²) in [6.07, 6.45) is 2.12. The third kappa shape index (κ3) is 4.68. The van der Waals surface area contributed by atoms with E-state index in [9.17, 15) is 9.90 Å². The number of piperidine rings is 1. The van der Waals surface area contributed by atoms with Gasteiger partial charge in [0.1, 0.15) is 0 Å². The van der Waals surface area contributed by atoms with E-state index in [4.69, 9.17) is 14.6 Å². The fourth-order valence-corrected chi connectivity index (χ4v) is 4.63. The fourth-order valence-electron chi connectivity index (χ4n) is 4.63. The second kappa shape index (κ2) is 9.54. The minimum atomic E-state index is -0.588. The lowest BCUT2D eigenvalue weighted by Crippen LogP contribution is -2.42. The van der Waals surface area contributed by atoms with Gasteiger partial charge in [-0.25, -0.2) is 9.80 Å². The van der Waals surface area contributed by atoms with Crippen molar-refractivity contribution >= 4 is 17.4 Å². The fraction of sp³-hybridized carbons (Fsp3) is 0.462. The molecule has 4 rings (SSSR count). The first kappa shape index (κ1) is 23.9. The average molecular weight is 467 g/mol. The Morgan fingerprint density at radius 2 is 1.74 bits per heavy atom. The van der Waals surface area contributed by atoms with Crippen LogP contribution in [-0.4, -0.2) is 67.9 Å². The smallest absolute Gasteiger partial charge is 0.337 e. The van der Waals surface area contributed by atoms with E-state index in [2.05, 4.69) is 22.3 Å². The lowest BCUT2D eigenvalue weighted by Gasteiger charge is -2.37. The number of methoxy groups -OCH3 is 2. The van der Waals surface area contributed by atoms with E-state index in [1.165, 1.54) is 5.01 Å². The third-order valence-corrected chi connectivity index (χ3v) is 6.77. The van der Waals surface area contributed by atoms with E-state index in [0.29, 0.717) is 23.6 Å². The van der Waals surface area contributed by atoms with Gasteiger partial charge < -0.3 is 24.8 Å². The van der Waals surface area contributed by atoms with Crippen LogP contribution >= 0.6 is 0 Å². The number of fused-ring (bicyclic) bond motifs is 1. The minimum absolute atomic E-state index is 0.144. The molecule has 0 radical (unpaired) electrons. The number of anilines is 1. The van der Waals surface area contributed by atoms with Gasteiger partial charge in [0.25, 0.3) is 0 Å². The highest BCUT2D eigenvalue weighted by atomic mass is 16.5. The lowest BCUT2D eigenvalue weighted by atomic mass is 9.92. The molecule has 0 aliphatic carbocycles. The number of rotatable bonds is 4. The highest BCUT2D eigenvalue weighted by molar-refractivity contribution is 6.14. The maximum Gasteiger partial charge on any atom is 0.337 e. The quantitative estimate of drug-likeness (QED) is 0.721. The average Bonchev–Trinajstić information content (AvgIpc) is 2.98. The van der Waals surface area contributed by atoms with Crippen molar-refractivity contribution < 1.29 is 19.4 Å². The monoisotopic (exact) mass is 466 g/mol. The molecule has 182 valence electrons. The van der Waals surface area contributed by atoms with Crippen LogP contribution < -0.4 is 19.7 Å². The molecule has 2 amide bonds. The molecule has 0 spiro atoms. The van der Waals surface area contributed by atoms with Crippen LogP contribution in [0.2, 0.25) is 0 Å². The zero-order valence-electron chi connectivity index (χ0n) is 20.6. The van der Waals surface area contributed by atoms with Crippen LogP contribution in [-0.2, 0) is 6.42 Å². The number of nitrogens with zero attached hydrogens (tertiary/aromatic N) is 3. The number of amides is 2. The normalized spacial score (nSPS) is 19.6.